The van der Waals surface area contributed by atoms with E-state index in [9.17, 15) is 4.79 Å². The van der Waals surface area contributed by atoms with Crippen molar-refractivity contribution < 1.29 is 13.9 Å². The van der Waals surface area contributed by atoms with Crippen molar-refractivity contribution in [3.63, 3.8) is 0 Å². The zero-order valence-electron chi connectivity index (χ0n) is 15.3. The van der Waals surface area contributed by atoms with Gasteiger partial charge in [-0.15, -0.1) is 11.8 Å². The molecule has 0 bridgehead atoms. The molecule has 1 amide bonds. The fraction of sp³-hybridized carbons (Fsp3) is 0.316. The van der Waals surface area contributed by atoms with Crippen molar-refractivity contribution in [2.45, 2.75) is 32.2 Å². The number of carbonyl (C=O) groups excluding carboxylic acids is 1. The number of furan rings is 1. The van der Waals surface area contributed by atoms with Crippen molar-refractivity contribution in [1.82, 2.24) is 15.3 Å². The maximum atomic E-state index is 12.1. The van der Waals surface area contributed by atoms with Crippen LogP contribution in [0.15, 0.2) is 33.6 Å². The van der Waals surface area contributed by atoms with E-state index in [0.29, 0.717) is 29.3 Å². The van der Waals surface area contributed by atoms with E-state index in [2.05, 4.69) is 15.3 Å². The largest absolute Gasteiger partial charge is 0.467 e. The molecule has 136 valence electrons. The van der Waals surface area contributed by atoms with Gasteiger partial charge in [-0.05, 0) is 44.7 Å². The van der Waals surface area contributed by atoms with Crippen LogP contribution in [-0.2, 0) is 11.3 Å². The number of rotatable bonds is 6. The summed E-state index contributed by atoms with van der Waals surface area (Å²) < 4.78 is 11.3. The van der Waals surface area contributed by atoms with Crippen molar-refractivity contribution in [2.24, 2.45) is 0 Å². The second-order valence-electron chi connectivity index (χ2n) is 5.95. The van der Waals surface area contributed by atoms with E-state index >= 15 is 0 Å². The number of benzene rings is 1. The summed E-state index contributed by atoms with van der Waals surface area (Å²) in [5.41, 5.74) is 2.44. The summed E-state index contributed by atoms with van der Waals surface area (Å²) in [4.78, 5) is 21.9. The van der Waals surface area contributed by atoms with Gasteiger partial charge in [0, 0.05) is 17.0 Å². The average Bonchev–Trinajstić information content (AvgIpc) is 2.92. The molecule has 26 heavy (non-hydrogen) atoms. The molecule has 0 radical (unpaired) electrons. The van der Waals surface area contributed by atoms with Gasteiger partial charge < -0.3 is 14.5 Å². The second kappa shape index (κ2) is 7.78. The van der Waals surface area contributed by atoms with Crippen LogP contribution in [0.25, 0.3) is 11.1 Å². The fourth-order valence-corrected chi connectivity index (χ4v) is 2.96. The van der Waals surface area contributed by atoms with E-state index in [1.54, 1.807) is 18.7 Å². The van der Waals surface area contributed by atoms with Crippen LogP contribution < -0.4 is 10.1 Å². The topological polar surface area (TPSA) is 77.2 Å². The van der Waals surface area contributed by atoms with Gasteiger partial charge in [-0.2, -0.15) is 9.97 Å². The second-order valence-corrected chi connectivity index (χ2v) is 6.83. The molecule has 0 saturated heterocycles. The van der Waals surface area contributed by atoms with Crippen molar-refractivity contribution in [3.8, 4) is 5.88 Å². The van der Waals surface area contributed by atoms with Crippen molar-refractivity contribution in [2.75, 3.05) is 12.9 Å². The third-order valence-electron chi connectivity index (χ3n) is 4.10. The fourth-order valence-electron chi connectivity index (χ4n) is 2.55. The minimum absolute atomic E-state index is 0.113. The number of thioether (sulfide) groups is 1. The van der Waals surface area contributed by atoms with Crippen LogP contribution in [0.4, 0.5) is 0 Å². The lowest BCUT2D eigenvalue weighted by molar-refractivity contribution is -0.123. The van der Waals surface area contributed by atoms with Crippen LogP contribution in [0.3, 0.4) is 0 Å². The van der Waals surface area contributed by atoms with E-state index in [0.717, 1.165) is 16.9 Å². The summed E-state index contributed by atoms with van der Waals surface area (Å²) >= 11 is 1.69. The Morgan fingerprint density at radius 2 is 1.92 bits per heavy atom. The monoisotopic (exact) mass is 371 g/mol. The van der Waals surface area contributed by atoms with E-state index < -0.39 is 0 Å². The highest BCUT2D eigenvalue weighted by Crippen LogP contribution is 2.30. The molecule has 0 atom stereocenters. The van der Waals surface area contributed by atoms with Gasteiger partial charge in [0.1, 0.15) is 17.0 Å². The maximum Gasteiger partial charge on any atom is 0.258 e. The molecule has 2 heterocycles. The molecule has 3 aromatic rings. The number of aryl methyl sites for hydroxylation is 3. The summed E-state index contributed by atoms with van der Waals surface area (Å²) in [7, 11) is 0. The third kappa shape index (κ3) is 3.99. The maximum absolute atomic E-state index is 12.1. The number of nitrogens with zero attached hydrogens (tertiary/aromatic N) is 2. The number of fused-ring (bicyclic) bond motifs is 1. The molecule has 2 aromatic heterocycles. The highest BCUT2D eigenvalue weighted by molar-refractivity contribution is 7.98. The first-order valence-electron chi connectivity index (χ1n) is 8.24. The lowest BCUT2D eigenvalue weighted by Crippen LogP contribution is -2.28. The zero-order valence-corrected chi connectivity index (χ0v) is 16.1. The standard InChI is InChI=1S/C19H21N3O3S/c1-11-12(2)25-19-17(11)18(21-13(3)22-19)24-10-16(23)20-9-14-5-7-15(26-4)8-6-14/h5-8H,9-10H2,1-4H3,(H,20,23). The molecule has 0 aliphatic carbocycles. The first kappa shape index (κ1) is 18.3. The number of nitrogens with one attached hydrogen (secondary N) is 1. The Hall–Kier alpha value is -2.54. The van der Waals surface area contributed by atoms with E-state index in [4.69, 9.17) is 9.15 Å². The molecular weight excluding hydrogens is 350 g/mol. The molecule has 0 aliphatic heterocycles. The molecule has 0 aliphatic rings. The minimum Gasteiger partial charge on any atom is -0.467 e. The first-order chi connectivity index (χ1) is 12.5. The number of hydrogen-bond acceptors (Lipinski definition) is 6. The van der Waals surface area contributed by atoms with Gasteiger partial charge in [0.15, 0.2) is 6.61 Å². The van der Waals surface area contributed by atoms with Gasteiger partial charge >= 0.3 is 0 Å². The van der Waals surface area contributed by atoms with Crippen LogP contribution in [0, 0.1) is 20.8 Å². The Kier molecular flexibility index (Phi) is 5.46. The van der Waals surface area contributed by atoms with Crippen LogP contribution in [0.5, 0.6) is 5.88 Å². The Balaban J connectivity index is 1.63. The molecule has 6 nitrogen and oxygen atoms in total. The summed E-state index contributed by atoms with van der Waals surface area (Å²) in [5.74, 6) is 1.47. The summed E-state index contributed by atoms with van der Waals surface area (Å²) in [6, 6.07) is 8.07. The lowest BCUT2D eigenvalue weighted by atomic mass is 10.2. The summed E-state index contributed by atoms with van der Waals surface area (Å²) in [6.07, 6.45) is 2.03. The summed E-state index contributed by atoms with van der Waals surface area (Å²) in [6.45, 7) is 5.89. The minimum atomic E-state index is -0.207. The molecule has 0 fully saturated rings. The Labute approximate surface area is 156 Å². The van der Waals surface area contributed by atoms with Crippen LogP contribution >= 0.6 is 11.8 Å². The van der Waals surface area contributed by atoms with E-state index in [1.807, 2.05) is 44.4 Å². The molecule has 0 spiro atoms. The Bertz CT molecular complexity index is 935. The SMILES string of the molecule is CSc1ccc(CNC(=O)COc2nc(C)nc3oc(C)c(C)c23)cc1. The Morgan fingerprint density at radius 1 is 1.19 bits per heavy atom. The quantitative estimate of drug-likeness (QED) is 0.668. The van der Waals surface area contributed by atoms with E-state index in [1.165, 1.54) is 4.90 Å². The number of ether oxygens (including phenoxy) is 1. The van der Waals surface area contributed by atoms with Gasteiger partial charge in [0.25, 0.3) is 5.91 Å². The molecule has 1 N–H and O–H groups in total. The average molecular weight is 371 g/mol. The highest BCUT2D eigenvalue weighted by Gasteiger charge is 2.17. The first-order valence-corrected chi connectivity index (χ1v) is 9.47. The highest BCUT2D eigenvalue weighted by atomic mass is 32.2. The molecule has 7 heteroatoms. The van der Waals surface area contributed by atoms with Crippen molar-refractivity contribution >= 4 is 28.8 Å². The molecular formula is C19H21N3O3S. The molecule has 1 aromatic carbocycles. The number of amides is 1. The van der Waals surface area contributed by atoms with Gasteiger partial charge in [-0.25, -0.2) is 0 Å². The molecule has 3 rings (SSSR count). The van der Waals surface area contributed by atoms with Gasteiger partial charge in [-0.1, -0.05) is 12.1 Å². The molecule has 0 saturated carbocycles. The lowest BCUT2D eigenvalue weighted by Gasteiger charge is -2.09. The van der Waals surface area contributed by atoms with E-state index in [-0.39, 0.29) is 12.5 Å². The van der Waals surface area contributed by atoms with Crippen molar-refractivity contribution in [1.29, 1.82) is 0 Å². The van der Waals surface area contributed by atoms with Crippen LogP contribution in [0.2, 0.25) is 0 Å². The predicted octanol–water partition coefficient (Wildman–Crippen LogP) is 3.57. The predicted molar refractivity (Wildman–Crippen MR) is 102 cm³/mol. The normalized spacial score (nSPS) is 10.9. The number of carbonyl (C=O) groups is 1. The van der Waals surface area contributed by atoms with Gasteiger partial charge in [0.2, 0.25) is 11.6 Å². The van der Waals surface area contributed by atoms with Gasteiger partial charge in [-0.3, -0.25) is 4.79 Å². The molecule has 0 unspecified atom stereocenters. The van der Waals surface area contributed by atoms with Crippen LogP contribution in [0.1, 0.15) is 22.7 Å². The number of hydrogen-bond donors (Lipinski definition) is 1. The summed E-state index contributed by atoms with van der Waals surface area (Å²) in [5, 5.41) is 3.57. The number of aromatic nitrogens is 2. The van der Waals surface area contributed by atoms with Gasteiger partial charge in [0.05, 0.1) is 0 Å². The van der Waals surface area contributed by atoms with Crippen molar-refractivity contribution in [3.05, 3.63) is 47.0 Å². The van der Waals surface area contributed by atoms with Crippen LogP contribution in [-0.4, -0.2) is 28.7 Å². The zero-order chi connectivity index (χ0) is 18.7. The third-order valence-corrected chi connectivity index (χ3v) is 4.84. The smallest absolute Gasteiger partial charge is 0.258 e. The Morgan fingerprint density at radius 3 is 2.62 bits per heavy atom.